The van der Waals surface area contributed by atoms with E-state index < -0.39 is 0 Å². The van der Waals surface area contributed by atoms with E-state index >= 15 is 0 Å². The van der Waals surface area contributed by atoms with E-state index in [4.69, 9.17) is 9.47 Å². The van der Waals surface area contributed by atoms with Crippen LogP contribution in [0.1, 0.15) is 16.7 Å². The molecule has 2 aromatic rings. The molecule has 0 atom stereocenters. The highest BCUT2D eigenvalue weighted by molar-refractivity contribution is 5.79. The molecular weight excluding hydrogens is 326 g/mol. The van der Waals surface area contributed by atoms with E-state index in [9.17, 15) is 0 Å². The van der Waals surface area contributed by atoms with Crippen LogP contribution in [0, 0.1) is 6.92 Å². The maximum absolute atomic E-state index is 5.84. The monoisotopic (exact) mass is 355 g/mol. The molecule has 5 heteroatoms. The summed E-state index contributed by atoms with van der Waals surface area (Å²) >= 11 is 0. The zero-order chi connectivity index (χ0) is 18.6. The first-order chi connectivity index (χ1) is 12.7. The van der Waals surface area contributed by atoms with Gasteiger partial charge >= 0.3 is 0 Å². The SMILES string of the molecule is CN=C(NCCc1ccccc1)NCc1ccc(C)cc1OCCOC. The maximum atomic E-state index is 5.84. The van der Waals surface area contributed by atoms with Crippen LogP contribution < -0.4 is 15.4 Å². The molecule has 0 aliphatic rings. The van der Waals surface area contributed by atoms with Crippen LogP contribution in [0.3, 0.4) is 0 Å². The average molecular weight is 355 g/mol. The number of nitrogens with zero attached hydrogens (tertiary/aromatic N) is 1. The summed E-state index contributed by atoms with van der Waals surface area (Å²) in [5.74, 6) is 1.67. The van der Waals surface area contributed by atoms with Crippen molar-refractivity contribution in [2.45, 2.75) is 19.9 Å². The van der Waals surface area contributed by atoms with Crippen molar-refractivity contribution in [3.8, 4) is 5.75 Å². The lowest BCUT2D eigenvalue weighted by Crippen LogP contribution is -2.37. The molecule has 0 spiro atoms. The predicted molar refractivity (Wildman–Crippen MR) is 107 cm³/mol. The molecule has 0 aliphatic heterocycles. The van der Waals surface area contributed by atoms with Gasteiger partial charge in [0.25, 0.3) is 0 Å². The quantitative estimate of drug-likeness (QED) is 0.413. The Balaban J connectivity index is 1.85. The zero-order valence-corrected chi connectivity index (χ0v) is 15.9. The fourth-order valence-electron chi connectivity index (χ4n) is 2.55. The number of aryl methyl sites for hydroxylation is 1. The maximum Gasteiger partial charge on any atom is 0.191 e. The average Bonchev–Trinajstić information content (AvgIpc) is 2.66. The van der Waals surface area contributed by atoms with Gasteiger partial charge in [0.2, 0.25) is 0 Å². The molecule has 0 amide bonds. The summed E-state index contributed by atoms with van der Waals surface area (Å²) in [5.41, 5.74) is 3.58. The molecule has 5 nitrogen and oxygen atoms in total. The van der Waals surface area contributed by atoms with E-state index in [-0.39, 0.29) is 0 Å². The Morgan fingerprint density at radius 1 is 1.04 bits per heavy atom. The first-order valence-corrected chi connectivity index (χ1v) is 8.92. The van der Waals surface area contributed by atoms with Gasteiger partial charge in [-0.2, -0.15) is 0 Å². The van der Waals surface area contributed by atoms with E-state index in [1.54, 1.807) is 14.2 Å². The van der Waals surface area contributed by atoms with Gasteiger partial charge in [0.05, 0.1) is 6.61 Å². The molecule has 0 aromatic heterocycles. The Bertz CT molecular complexity index is 687. The smallest absolute Gasteiger partial charge is 0.191 e. The number of hydrogen-bond acceptors (Lipinski definition) is 3. The molecule has 26 heavy (non-hydrogen) atoms. The highest BCUT2D eigenvalue weighted by Crippen LogP contribution is 2.20. The van der Waals surface area contributed by atoms with Crippen LogP contribution >= 0.6 is 0 Å². The van der Waals surface area contributed by atoms with Crippen molar-refractivity contribution >= 4 is 5.96 Å². The second-order valence-electron chi connectivity index (χ2n) is 6.04. The van der Waals surface area contributed by atoms with Crippen LogP contribution in [0.25, 0.3) is 0 Å². The van der Waals surface area contributed by atoms with Crippen molar-refractivity contribution in [3.05, 3.63) is 65.2 Å². The van der Waals surface area contributed by atoms with Crippen molar-refractivity contribution in [2.75, 3.05) is 33.9 Å². The van der Waals surface area contributed by atoms with Gasteiger partial charge < -0.3 is 20.1 Å². The molecule has 0 fully saturated rings. The second kappa shape index (κ2) is 11.2. The van der Waals surface area contributed by atoms with E-state index in [2.05, 4.69) is 65.0 Å². The molecule has 0 bridgehead atoms. The second-order valence-corrected chi connectivity index (χ2v) is 6.04. The Morgan fingerprint density at radius 2 is 1.85 bits per heavy atom. The molecule has 0 aliphatic carbocycles. The van der Waals surface area contributed by atoms with Crippen LogP contribution in [0.4, 0.5) is 0 Å². The number of benzene rings is 2. The highest BCUT2D eigenvalue weighted by atomic mass is 16.5. The molecule has 0 radical (unpaired) electrons. The van der Waals surface area contributed by atoms with Crippen molar-refractivity contribution in [3.63, 3.8) is 0 Å². The van der Waals surface area contributed by atoms with Crippen LogP contribution in [-0.2, 0) is 17.7 Å². The van der Waals surface area contributed by atoms with Gasteiger partial charge in [0, 0.05) is 32.8 Å². The minimum atomic E-state index is 0.539. The first kappa shape index (κ1) is 19.8. The summed E-state index contributed by atoms with van der Waals surface area (Å²) in [6.07, 6.45) is 0.956. The summed E-state index contributed by atoms with van der Waals surface area (Å²) in [6, 6.07) is 16.6. The molecule has 0 heterocycles. The number of hydrogen-bond donors (Lipinski definition) is 2. The lowest BCUT2D eigenvalue weighted by molar-refractivity contribution is 0.145. The number of guanidine groups is 1. The molecule has 140 valence electrons. The zero-order valence-electron chi connectivity index (χ0n) is 15.9. The van der Waals surface area contributed by atoms with Crippen molar-refractivity contribution < 1.29 is 9.47 Å². The summed E-state index contributed by atoms with van der Waals surface area (Å²) < 4.78 is 10.9. The first-order valence-electron chi connectivity index (χ1n) is 8.92. The van der Waals surface area contributed by atoms with Crippen molar-refractivity contribution in [1.82, 2.24) is 10.6 Å². The topological polar surface area (TPSA) is 54.9 Å². The minimum absolute atomic E-state index is 0.539. The number of ether oxygens (including phenoxy) is 2. The number of methoxy groups -OCH3 is 1. The summed E-state index contributed by atoms with van der Waals surface area (Å²) in [4.78, 5) is 4.29. The Labute approximate surface area is 156 Å². The Hall–Kier alpha value is -2.53. The van der Waals surface area contributed by atoms with Gasteiger partial charge in [-0.05, 0) is 30.5 Å². The van der Waals surface area contributed by atoms with Crippen LogP contribution in [0.15, 0.2) is 53.5 Å². The molecular formula is C21H29N3O2. The molecule has 0 unspecified atom stereocenters. The Morgan fingerprint density at radius 3 is 2.58 bits per heavy atom. The lowest BCUT2D eigenvalue weighted by Gasteiger charge is -2.15. The normalized spacial score (nSPS) is 11.3. The third kappa shape index (κ3) is 6.76. The molecule has 2 N–H and O–H groups in total. The highest BCUT2D eigenvalue weighted by Gasteiger charge is 2.06. The van der Waals surface area contributed by atoms with Crippen LogP contribution in [-0.4, -0.2) is 39.9 Å². The van der Waals surface area contributed by atoms with Crippen molar-refractivity contribution in [1.29, 1.82) is 0 Å². The molecule has 0 saturated heterocycles. The molecule has 0 saturated carbocycles. The van der Waals surface area contributed by atoms with Crippen LogP contribution in [0.5, 0.6) is 5.75 Å². The largest absolute Gasteiger partial charge is 0.491 e. The third-order valence-corrected chi connectivity index (χ3v) is 3.99. The minimum Gasteiger partial charge on any atom is -0.491 e. The van der Waals surface area contributed by atoms with Gasteiger partial charge in [-0.3, -0.25) is 4.99 Å². The standard InChI is InChI=1S/C21H29N3O2/c1-17-9-10-19(20(15-17)26-14-13-25-3)16-24-21(22-2)23-12-11-18-7-5-4-6-8-18/h4-10,15H,11-14,16H2,1-3H3,(H2,22,23,24). The molecule has 2 rings (SSSR count). The van der Waals surface area contributed by atoms with Gasteiger partial charge in [0.15, 0.2) is 5.96 Å². The fraction of sp³-hybridized carbons (Fsp3) is 0.381. The van der Waals surface area contributed by atoms with Crippen LogP contribution in [0.2, 0.25) is 0 Å². The van der Waals surface area contributed by atoms with Gasteiger partial charge in [0.1, 0.15) is 12.4 Å². The lowest BCUT2D eigenvalue weighted by atomic mass is 10.1. The van der Waals surface area contributed by atoms with E-state index in [0.29, 0.717) is 19.8 Å². The number of aliphatic imine (C=N–C) groups is 1. The Kier molecular flexibility index (Phi) is 8.49. The number of nitrogens with one attached hydrogen (secondary N) is 2. The van der Waals surface area contributed by atoms with E-state index in [0.717, 1.165) is 30.2 Å². The summed E-state index contributed by atoms with van der Waals surface area (Å²) in [6.45, 7) is 4.65. The van der Waals surface area contributed by atoms with E-state index in [1.165, 1.54) is 11.1 Å². The van der Waals surface area contributed by atoms with Crippen molar-refractivity contribution in [2.24, 2.45) is 4.99 Å². The third-order valence-electron chi connectivity index (χ3n) is 3.99. The number of rotatable bonds is 9. The predicted octanol–water partition coefficient (Wildman–Crippen LogP) is 2.93. The van der Waals surface area contributed by atoms with Gasteiger partial charge in [-0.15, -0.1) is 0 Å². The van der Waals surface area contributed by atoms with E-state index in [1.807, 2.05) is 6.07 Å². The van der Waals surface area contributed by atoms with Gasteiger partial charge in [-0.25, -0.2) is 0 Å². The van der Waals surface area contributed by atoms with Gasteiger partial charge in [-0.1, -0.05) is 42.5 Å². The molecule has 2 aromatic carbocycles. The summed E-state index contributed by atoms with van der Waals surface area (Å²) in [7, 11) is 3.45. The fourth-order valence-corrected chi connectivity index (χ4v) is 2.55. The summed E-state index contributed by atoms with van der Waals surface area (Å²) in [5, 5.41) is 6.70.